The summed E-state index contributed by atoms with van der Waals surface area (Å²) in [6.07, 6.45) is -3.81. The molecule has 1 saturated carbocycles. The second kappa shape index (κ2) is 8.77. The minimum absolute atomic E-state index is 0. The van der Waals surface area contributed by atoms with Crippen LogP contribution in [-0.4, -0.2) is 50.2 Å². The SMILES string of the molecule is Cl.N#CC1(NC(=O)[C@@H]2C[C@@H](S(=O)(=O)c3ccc(C4CCNC4=O)cc3C(F)(F)F)CN2)CC1. The van der Waals surface area contributed by atoms with Gasteiger partial charge in [-0.25, -0.2) is 8.42 Å². The molecule has 3 N–H and O–H groups in total. The van der Waals surface area contributed by atoms with Crippen molar-refractivity contribution in [3.05, 3.63) is 29.3 Å². The van der Waals surface area contributed by atoms with Gasteiger partial charge in [0.15, 0.2) is 9.84 Å². The predicted octanol–water partition coefficient (Wildman–Crippen LogP) is 1.41. The molecule has 1 aromatic carbocycles. The van der Waals surface area contributed by atoms with E-state index in [4.69, 9.17) is 5.26 Å². The Hall–Kier alpha value is -2.36. The van der Waals surface area contributed by atoms with Crippen LogP contribution in [0.25, 0.3) is 0 Å². The lowest BCUT2D eigenvalue weighted by molar-refractivity contribution is -0.140. The van der Waals surface area contributed by atoms with Crippen molar-refractivity contribution in [2.75, 3.05) is 13.1 Å². The van der Waals surface area contributed by atoms with Gasteiger partial charge in [0.1, 0.15) is 5.54 Å². The molecule has 4 rings (SSSR count). The first-order chi connectivity index (χ1) is 15.0. The van der Waals surface area contributed by atoms with Crippen molar-refractivity contribution in [1.82, 2.24) is 16.0 Å². The molecule has 13 heteroatoms. The number of carbonyl (C=O) groups is 2. The van der Waals surface area contributed by atoms with Gasteiger partial charge in [0, 0.05) is 13.1 Å². The molecule has 0 spiro atoms. The Morgan fingerprint density at radius 3 is 2.52 bits per heavy atom. The summed E-state index contributed by atoms with van der Waals surface area (Å²) < 4.78 is 67.6. The molecule has 2 saturated heterocycles. The molecule has 1 aliphatic carbocycles. The quantitative estimate of drug-likeness (QED) is 0.554. The van der Waals surface area contributed by atoms with Crippen molar-refractivity contribution >= 4 is 34.1 Å². The fourth-order valence-electron chi connectivity index (χ4n) is 4.18. The number of alkyl halides is 3. The van der Waals surface area contributed by atoms with Gasteiger partial charge in [-0.3, -0.25) is 9.59 Å². The third-order valence-electron chi connectivity index (χ3n) is 6.24. The molecule has 180 valence electrons. The summed E-state index contributed by atoms with van der Waals surface area (Å²) in [4.78, 5) is 23.4. The molecule has 3 atom stereocenters. The topological polar surface area (TPSA) is 128 Å². The van der Waals surface area contributed by atoms with Crippen LogP contribution in [0.3, 0.4) is 0 Å². The molecule has 0 radical (unpaired) electrons. The number of sulfone groups is 1. The normalized spacial score (nSPS) is 26.1. The molecule has 0 bridgehead atoms. The van der Waals surface area contributed by atoms with E-state index < -0.39 is 61.0 Å². The maximum atomic E-state index is 13.8. The fraction of sp³-hybridized carbons (Fsp3) is 0.550. The minimum Gasteiger partial charge on any atom is -0.356 e. The lowest BCUT2D eigenvalue weighted by atomic mass is 9.96. The van der Waals surface area contributed by atoms with Crippen LogP contribution in [0, 0.1) is 11.3 Å². The largest absolute Gasteiger partial charge is 0.417 e. The summed E-state index contributed by atoms with van der Waals surface area (Å²) in [5, 5.41) is 15.7. The smallest absolute Gasteiger partial charge is 0.356 e. The second-order valence-corrected chi connectivity index (χ2v) is 10.6. The Bertz CT molecular complexity index is 1120. The Balaban J connectivity index is 0.00000306. The highest BCUT2D eigenvalue weighted by atomic mass is 35.5. The Morgan fingerprint density at radius 1 is 1.27 bits per heavy atom. The number of carbonyl (C=O) groups excluding carboxylic acids is 2. The highest BCUT2D eigenvalue weighted by Gasteiger charge is 2.48. The number of rotatable bonds is 5. The summed E-state index contributed by atoms with van der Waals surface area (Å²) in [5.74, 6) is -1.70. The molecule has 1 unspecified atom stereocenters. The van der Waals surface area contributed by atoms with Crippen molar-refractivity contribution in [2.24, 2.45) is 0 Å². The molecule has 1 aromatic rings. The first-order valence-corrected chi connectivity index (χ1v) is 11.7. The zero-order chi connectivity index (χ0) is 23.3. The van der Waals surface area contributed by atoms with Crippen LogP contribution in [-0.2, 0) is 25.6 Å². The van der Waals surface area contributed by atoms with Crippen molar-refractivity contribution in [3.8, 4) is 6.07 Å². The zero-order valence-corrected chi connectivity index (χ0v) is 18.9. The van der Waals surface area contributed by atoms with E-state index in [-0.39, 0.29) is 30.9 Å². The Labute approximate surface area is 194 Å². The number of hydrogen-bond donors (Lipinski definition) is 3. The van der Waals surface area contributed by atoms with Gasteiger partial charge in [0.2, 0.25) is 11.8 Å². The van der Waals surface area contributed by atoms with Crippen LogP contribution in [0.5, 0.6) is 0 Å². The Morgan fingerprint density at radius 2 is 1.97 bits per heavy atom. The van der Waals surface area contributed by atoms with E-state index in [9.17, 15) is 31.2 Å². The zero-order valence-electron chi connectivity index (χ0n) is 17.2. The number of nitriles is 1. The molecule has 8 nitrogen and oxygen atoms in total. The molecular weight excluding hydrogens is 485 g/mol. The van der Waals surface area contributed by atoms with Crippen molar-refractivity contribution in [2.45, 2.75) is 59.5 Å². The number of amides is 2. The highest BCUT2D eigenvalue weighted by molar-refractivity contribution is 7.92. The Kier molecular flexibility index (Phi) is 6.72. The third-order valence-corrected chi connectivity index (χ3v) is 8.44. The van der Waals surface area contributed by atoms with Crippen LogP contribution >= 0.6 is 12.4 Å². The summed E-state index contributed by atoms with van der Waals surface area (Å²) in [6, 6.07) is 3.96. The molecule has 3 fully saturated rings. The molecular formula is C20H22ClF3N4O4S. The summed E-state index contributed by atoms with van der Waals surface area (Å²) >= 11 is 0. The highest BCUT2D eigenvalue weighted by Crippen LogP contribution is 2.39. The lowest BCUT2D eigenvalue weighted by Gasteiger charge is -2.19. The van der Waals surface area contributed by atoms with E-state index in [2.05, 4.69) is 16.0 Å². The number of nitrogens with zero attached hydrogens (tertiary/aromatic N) is 1. The molecule has 2 heterocycles. The number of hydrogen-bond acceptors (Lipinski definition) is 6. The molecule has 3 aliphatic rings. The first kappa shape index (κ1) is 25.3. The van der Waals surface area contributed by atoms with Crippen LogP contribution in [0.2, 0.25) is 0 Å². The van der Waals surface area contributed by atoms with Crippen molar-refractivity contribution < 1.29 is 31.2 Å². The van der Waals surface area contributed by atoms with Gasteiger partial charge in [0.25, 0.3) is 0 Å². The van der Waals surface area contributed by atoms with Gasteiger partial charge in [-0.15, -0.1) is 12.4 Å². The predicted molar refractivity (Wildman–Crippen MR) is 112 cm³/mol. The van der Waals surface area contributed by atoms with Gasteiger partial charge in [-0.05, 0) is 43.4 Å². The third kappa shape index (κ3) is 4.81. The van der Waals surface area contributed by atoms with Crippen molar-refractivity contribution in [3.63, 3.8) is 0 Å². The lowest BCUT2D eigenvalue weighted by Crippen LogP contribution is -2.45. The standard InChI is InChI=1S/C20H21F3N4O4S.ClH/c21-20(22,23)14-7-11(13-3-6-25-17(13)28)1-2-16(14)32(30,31)12-8-15(26-9-12)18(29)27-19(10-24)4-5-19;/h1-2,7,12-13,15,26H,3-6,8-9H2,(H,25,28)(H,27,29);1H/t12-,13?,15+;/m1./s1. The average Bonchev–Trinajstić information content (AvgIpc) is 3.13. The summed E-state index contributed by atoms with van der Waals surface area (Å²) in [7, 11) is -4.43. The first-order valence-electron chi connectivity index (χ1n) is 10.2. The van der Waals surface area contributed by atoms with Gasteiger partial charge >= 0.3 is 6.18 Å². The van der Waals surface area contributed by atoms with Crippen molar-refractivity contribution in [1.29, 1.82) is 5.26 Å². The van der Waals surface area contributed by atoms with E-state index in [0.29, 0.717) is 25.8 Å². The molecule has 0 aromatic heterocycles. The van der Waals surface area contributed by atoms with Crippen LogP contribution in [0.1, 0.15) is 42.7 Å². The van der Waals surface area contributed by atoms with Crippen LogP contribution in [0.15, 0.2) is 23.1 Å². The average molecular weight is 507 g/mol. The number of halogens is 4. The maximum Gasteiger partial charge on any atom is 0.417 e. The van der Waals surface area contributed by atoms with E-state index in [1.165, 1.54) is 6.07 Å². The maximum absolute atomic E-state index is 13.8. The minimum atomic E-state index is -4.94. The van der Waals surface area contributed by atoms with E-state index in [1.54, 1.807) is 0 Å². The second-order valence-electron chi connectivity index (χ2n) is 8.43. The molecule has 2 amide bonds. The molecule has 33 heavy (non-hydrogen) atoms. The van der Waals surface area contributed by atoms with Crippen LogP contribution < -0.4 is 16.0 Å². The monoisotopic (exact) mass is 506 g/mol. The van der Waals surface area contributed by atoms with Gasteiger partial charge in [-0.1, -0.05) is 6.07 Å². The van der Waals surface area contributed by atoms with Gasteiger partial charge < -0.3 is 16.0 Å². The van der Waals surface area contributed by atoms with Crippen LogP contribution in [0.4, 0.5) is 13.2 Å². The number of benzene rings is 1. The molecule has 2 aliphatic heterocycles. The van der Waals surface area contributed by atoms with Gasteiger partial charge in [-0.2, -0.15) is 18.4 Å². The fourth-order valence-corrected chi connectivity index (χ4v) is 6.04. The van der Waals surface area contributed by atoms with Gasteiger partial charge in [0.05, 0.1) is 33.7 Å². The van der Waals surface area contributed by atoms with E-state index in [0.717, 1.165) is 12.1 Å². The summed E-state index contributed by atoms with van der Waals surface area (Å²) in [6.45, 7) is 0.152. The number of nitrogens with one attached hydrogen (secondary N) is 3. The van der Waals surface area contributed by atoms with E-state index in [1.807, 2.05) is 6.07 Å². The van der Waals surface area contributed by atoms with E-state index >= 15 is 0 Å². The summed E-state index contributed by atoms with van der Waals surface area (Å²) in [5.41, 5.74) is -2.13.